The summed E-state index contributed by atoms with van der Waals surface area (Å²) in [7, 11) is 0. The Hall–Kier alpha value is -1.20. The molecule has 0 aromatic carbocycles. The van der Waals surface area contributed by atoms with Crippen LogP contribution >= 0.6 is 0 Å². The minimum Gasteiger partial charge on any atom is -0.396 e. The number of anilines is 1. The van der Waals surface area contributed by atoms with Crippen molar-refractivity contribution < 1.29 is 5.11 Å². The molecule has 0 spiro atoms. The molecular weight excluding hydrogens is 264 g/mol. The van der Waals surface area contributed by atoms with E-state index in [0.717, 1.165) is 42.9 Å². The second-order valence-electron chi connectivity index (χ2n) is 5.69. The molecule has 1 aromatic heterocycles. The van der Waals surface area contributed by atoms with E-state index in [9.17, 15) is 0 Å². The first kappa shape index (κ1) is 16.2. The second kappa shape index (κ2) is 7.71. The number of hydrogen-bond donors (Lipinski definition) is 2. The van der Waals surface area contributed by atoms with Gasteiger partial charge in [-0.3, -0.25) is 0 Å². The van der Waals surface area contributed by atoms with Crippen LogP contribution < -0.4 is 10.6 Å². The number of aliphatic hydroxyl groups is 1. The predicted octanol–water partition coefficient (Wildman–Crippen LogP) is 1.80. The third-order valence-corrected chi connectivity index (χ3v) is 4.49. The van der Waals surface area contributed by atoms with E-state index >= 15 is 0 Å². The van der Waals surface area contributed by atoms with Gasteiger partial charge in [0.2, 0.25) is 0 Å². The van der Waals surface area contributed by atoms with Crippen LogP contribution in [0.15, 0.2) is 0 Å². The minimum atomic E-state index is 0.211. The maximum Gasteiger partial charge on any atom is 0.156 e. The van der Waals surface area contributed by atoms with E-state index in [2.05, 4.69) is 28.9 Å². The molecule has 5 nitrogen and oxygen atoms in total. The van der Waals surface area contributed by atoms with Crippen molar-refractivity contribution in [3.8, 4) is 0 Å². The lowest BCUT2D eigenvalue weighted by molar-refractivity contribution is 0.282. The third kappa shape index (κ3) is 3.35. The van der Waals surface area contributed by atoms with Crippen molar-refractivity contribution >= 4 is 5.82 Å². The number of aromatic nitrogens is 2. The molecule has 5 heteroatoms. The molecule has 0 amide bonds. The molecule has 118 valence electrons. The maximum absolute atomic E-state index is 9.16. The highest BCUT2D eigenvalue weighted by molar-refractivity contribution is 5.52. The monoisotopic (exact) mass is 292 g/mol. The van der Waals surface area contributed by atoms with Crippen LogP contribution in [-0.2, 0) is 19.4 Å². The van der Waals surface area contributed by atoms with Crippen LogP contribution in [0.5, 0.6) is 0 Å². The average Bonchev–Trinajstić information content (AvgIpc) is 2.47. The first-order chi connectivity index (χ1) is 10.3. The van der Waals surface area contributed by atoms with Gasteiger partial charge in [0.15, 0.2) is 5.82 Å². The summed E-state index contributed by atoms with van der Waals surface area (Å²) in [4.78, 5) is 2.33. The van der Waals surface area contributed by atoms with E-state index in [1.54, 1.807) is 0 Å². The van der Waals surface area contributed by atoms with Gasteiger partial charge in [-0.25, -0.2) is 0 Å². The van der Waals surface area contributed by atoms with E-state index in [1.807, 2.05) is 0 Å². The molecule has 21 heavy (non-hydrogen) atoms. The molecular formula is C16H28N4O. The summed E-state index contributed by atoms with van der Waals surface area (Å²) in [6, 6.07) is 0.535. The molecule has 1 aliphatic rings. The van der Waals surface area contributed by atoms with Crippen molar-refractivity contribution in [1.82, 2.24) is 10.2 Å². The smallest absolute Gasteiger partial charge is 0.156 e. The lowest BCUT2D eigenvalue weighted by Gasteiger charge is -2.39. The fourth-order valence-corrected chi connectivity index (χ4v) is 3.09. The van der Waals surface area contributed by atoms with E-state index in [1.165, 1.54) is 24.8 Å². The molecule has 0 bridgehead atoms. The van der Waals surface area contributed by atoms with E-state index in [-0.39, 0.29) is 6.61 Å². The van der Waals surface area contributed by atoms with Crippen LogP contribution in [-0.4, -0.2) is 34.5 Å². The summed E-state index contributed by atoms with van der Waals surface area (Å²) in [6.45, 7) is 5.81. The molecule has 1 aromatic rings. The highest BCUT2D eigenvalue weighted by Gasteiger charge is 2.28. The van der Waals surface area contributed by atoms with Crippen LogP contribution in [0.1, 0.15) is 56.4 Å². The quantitative estimate of drug-likeness (QED) is 0.764. The van der Waals surface area contributed by atoms with Crippen molar-refractivity contribution in [2.75, 3.05) is 18.1 Å². The number of aryl methyl sites for hydroxylation is 1. The maximum atomic E-state index is 9.16. The van der Waals surface area contributed by atoms with Crippen molar-refractivity contribution in [2.24, 2.45) is 5.73 Å². The normalized spacial score (nSPS) is 15.0. The molecule has 1 saturated carbocycles. The lowest BCUT2D eigenvalue weighted by atomic mass is 9.90. The average molecular weight is 292 g/mol. The van der Waals surface area contributed by atoms with Crippen molar-refractivity contribution in [3.63, 3.8) is 0 Å². The summed E-state index contributed by atoms with van der Waals surface area (Å²) in [5, 5.41) is 18.1. The minimum absolute atomic E-state index is 0.211. The summed E-state index contributed by atoms with van der Waals surface area (Å²) in [5.74, 6) is 0.949. The van der Waals surface area contributed by atoms with Crippen molar-refractivity contribution in [3.05, 3.63) is 16.8 Å². The number of nitrogens with two attached hydrogens (primary N) is 1. The fourth-order valence-electron chi connectivity index (χ4n) is 3.09. The molecule has 0 saturated heterocycles. The Labute approximate surface area is 127 Å². The Morgan fingerprint density at radius 1 is 1.19 bits per heavy atom. The number of nitrogens with zero attached hydrogens (tertiary/aromatic N) is 3. The van der Waals surface area contributed by atoms with Crippen LogP contribution in [0.2, 0.25) is 0 Å². The molecule has 1 aliphatic carbocycles. The van der Waals surface area contributed by atoms with E-state index in [0.29, 0.717) is 12.6 Å². The zero-order chi connectivity index (χ0) is 15.2. The van der Waals surface area contributed by atoms with Gasteiger partial charge in [0, 0.05) is 31.3 Å². The van der Waals surface area contributed by atoms with E-state index in [4.69, 9.17) is 10.8 Å². The summed E-state index contributed by atoms with van der Waals surface area (Å²) in [5.41, 5.74) is 9.51. The van der Waals surface area contributed by atoms with Gasteiger partial charge in [0.1, 0.15) is 0 Å². The highest BCUT2D eigenvalue weighted by Crippen LogP contribution is 2.32. The SMILES string of the molecule is CCc1nnc(N(CCCO)C2CCC2)c(CN)c1CC. The Morgan fingerprint density at radius 3 is 2.43 bits per heavy atom. The Bertz CT molecular complexity index is 460. The molecule has 0 radical (unpaired) electrons. The number of aliphatic hydroxyl groups excluding tert-OH is 1. The molecule has 1 heterocycles. The summed E-state index contributed by atoms with van der Waals surface area (Å²) < 4.78 is 0. The van der Waals surface area contributed by atoms with Gasteiger partial charge in [-0.15, -0.1) is 5.10 Å². The fraction of sp³-hybridized carbons (Fsp3) is 0.750. The molecule has 1 fully saturated rings. The third-order valence-electron chi connectivity index (χ3n) is 4.49. The Morgan fingerprint density at radius 2 is 1.95 bits per heavy atom. The van der Waals surface area contributed by atoms with Crippen LogP contribution in [0, 0.1) is 0 Å². The molecule has 0 atom stereocenters. The molecule has 3 N–H and O–H groups in total. The topological polar surface area (TPSA) is 75.3 Å². The van der Waals surface area contributed by atoms with Crippen LogP contribution in [0.4, 0.5) is 5.82 Å². The number of hydrogen-bond acceptors (Lipinski definition) is 5. The molecule has 0 aliphatic heterocycles. The Kier molecular flexibility index (Phi) is 5.94. The van der Waals surface area contributed by atoms with Gasteiger partial charge in [-0.1, -0.05) is 13.8 Å². The molecule has 2 rings (SSSR count). The molecule has 0 unspecified atom stereocenters. The van der Waals surface area contributed by atoms with Crippen molar-refractivity contribution in [2.45, 2.75) is 65.0 Å². The van der Waals surface area contributed by atoms with Gasteiger partial charge < -0.3 is 15.7 Å². The van der Waals surface area contributed by atoms with Gasteiger partial charge in [0.05, 0.1) is 5.69 Å². The highest BCUT2D eigenvalue weighted by atomic mass is 16.3. The zero-order valence-electron chi connectivity index (χ0n) is 13.3. The first-order valence-electron chi connectivity index (χ1n) is 8.21. The largest absolute Gasteiger partial charge is 0.396 e. The van der Waals surface area contributed by atoms with Gasteiger partial charge in [0.25, 0.3) is 0 Å². The van der Waals surface area contributed by atoms with E-state index < -0.39 is 0 Å². The summed E-state index contributed by atoms with van der Waals surface area (Å²) >= 11 is 0. The van der Waals surface area contributed by atoms with Gasteiger partial charge in [-0.05, 0) is 44.1 Å². The second-order valence-corrected chi connectivity index (χ2v) is 5.69. The zero-order valence-corrected chi connectivity index (χ0v) is 13.3. The summed E-state index contributed by atoms with van der Waals surface area (Å²) in [6.07, 6.45) is 6.28. The Balaban J connectivity index is 2.38. The predicted molar refractivity (Wildman–Crippen MR) is 85.4 cm³/mol. The van der Waals surface area contributed by atoms with Gasteiger partial charge >= 0.3 is 0 Å². The lowest BCUT2D eigenvalue weighted by Crippen LogP contribution is -2.42. The first-order valence-corrected chi connectivity index (χ1v) is 8.21. The van der Waals surface area contributed by atoms with Crippen molar-refractivity contribution in [1.29, 1.82) is 0 Å². The van der Waals surface area contributed by atoms with Crippen LogP contribution in [0.25, 0.3) is 0 Å². The standard InChI is InChI=1S/C16H28N4O/c1-3-13-14(11-17)16(19-18-15(13)4-2)20(9-6-10-21)12-7-5-8-12/h12,21H,3-11,17H2,1-2H3. The number of rotatable bonds is 8. The van der Waals surface area contributed by atoms with Gasteiger partial charge in [-0.2, -0.15) is 5.10 Å². The van der Waals surface area contributed by atoms with Crippen LogP contribution in [0.3, 0.4) is 0 Å².